The summed E-state index contributed by atoms with van der Waals surface area (Å²) in [5.74, 6) is -1.45. The smallest absolute Gasteiger partial charge is 0.343 e. The fourth-order valence-electron chi connectivity index (χ4n) is 3.96. The minimum absolute atomic E-state index is 0.0277. The highest BCUT2D eigenvalue weighted by molar-refractivity contribution is 6.01. The molecule has 2 aliphatic heterocycles. The summed E-state index contributed by atoms with van der Waals surface area (Å²) < 4.78 is 38.0. The highest BCUT2D eigenvalue weighted by Crippen LogP contribution is 2.33. The number of amides is 2. The van der Waals surface area contributed by atoms with E-state index in [0.717, 1.165) is 37.3 Å². The van der Waals surface area contributed by atoms with Crippen LogP contribution in [0.4, 0.5) is 18.9 Å². The molecule has 0 unspecified atom stereocenters. The Balaban J connectivity index is 1.58. The molecule has 5 nitrogen and oxygen atoms in total. The van der Waals surface area contributed by atoms with E-state index in [9.17, 15) is 27.6 Å². The zero-order valence-corrected chi connectivity index (χ0v) is 15.7. The standard InChI is InChI=1S/C20H23F3N2O3/c1-13(26)24-9-6-14(7-10-24)2-5-18(27)16-3-4-17-15(12-16)8-11-25(17)19(28)20(21,22)23/h3-4,12,14H,2,5-11H2,1H3. The summed E-state index contributed by atoms with van der Waals surface area (Å²) in [6, 6.07) is 4.55. The molecular formula is C20H23F3N2O3. The molecule has 0 aliphatic carbocycles. The molecular weight excluding hydrogens is 373 g/mol. The fraction of sp³-hybridized carbons (Fsp3) is 0.550. The van der Waals surface area contributed by atoms with Crippen molar-refractivity contribution in [2.45, 2.75) is 45.2 Å². The molecule has 152 valence electrons. The van der Waals surface area contributed by atoms with Crippen LogP contribution in [0.1, 0.15) is 48.5 Å². The molecule has 1 aromatic rings. The van der Waals surface area contributed by atoms with Gasteiger partial charge in [0.05, 0.1) is 0 Å². The lowest BCUT2D eigenvalue weighted by Crippen LogP contribution is -2.40. The van der Waals surface area contributed by atoms with Crippen LogP contribution in [-0.2, 0) is 16.0 Å². The highest BCUT2D eigenvalue weighted by Gasteiger charge is 2.44. The lowest BCUT2D eigenvalue weighted by molar-refractivity contribution is -0.170. The van der Waals surface area contributed by atoms with Gasteiger partial charge in [0.25, 0.3) is 0 Å². The Morgan fingerprint density at radius 1 is 1.11 bits per heavy atom. The predicted molar refractivity (Wildman–Crippen MR) is 97.1 cm³/mol. The Labute approximate surface area is 161 Å². The maximum Gasteiger partial charge on any atom is 0.471 e. The van der Waals surface area contributed by atoms with Crippen LogP contribution >= 0.6 is 0 Å². The van der Waals surface area contributed by atoms with Crippen molar-refractivity contribution in [3.8, 4) is 0 Å². The first-order chi connectivity index (χ1) is 13.2. The second-order valence-electron chi connectivity index (χ2n) is 7.46. The molecule has 0 spiro atoms. The van der Waals surface area contributed by atoms with Gasteiger partial charge in [0.15, 0.2) is 5.78 Å². The number of alkyl halides is 3. The number of likely N-dealkylation sites (tertiary alicyclic amines) is 1. The predicted octanol–water partition coefficient (Wildman–Crippen LogP) is 3.36. The van der Waals surface area contributed by atoms with Gasteiger partial charge in [0.2, 0.25) is 5.91 Å². The third-order valence-corrected chi connectivity index (χ3v) is 5.62. The van der Waals surface area contributed by atoms with Gasteiger partial charge in [-0.25, -0.2) is 0 Å². The zero-order valence-electron chi connectivity index (χ0n) is 15.7. The monoisotopic (exact) mass is 396 g/mol. The first-order valence-corrected chi connectivity index (χ1v) is 9.47. The number of fused-ring (bicyclic) bond motifs is 1. The van der Waals surface area contributed by atoms with Crippen molar-refractivity contribution in [3.63, 3.8) is 0 Å². The van der Waals surface area contributed by atoms with Crippen molar-refractivity contribution in [1.29, 1.82) is 0 Å². The Morgan fingerprint density at radius 3 is 2.39 bits per heavy atom. The molecule has 0 saturated carbocycles. The molecule has 1 saturated heterocycles. The van der Waals surface area contributed by atoms with Crippen LogP contribution < -0.4 is 4.90 Å². The molecule has 0 bridgehead atoms. The number of rotatable bonds is 4. The summed E-state index contributed by atoms with van der Waals surface area (Å²) in [5, 5.41) is 0. The molecule has 1 fully saturated rings. The summed E-state index contributed by atoms with van der Waals surface area (Å²) in [6.07, 6.45) is -1.73. The minimum Gasteiger partial charge on any atom is -0.343 e. The number of halogens is 3. The number of hydrogen-bond donors (Lipinski definition) is 0. The number of carbonyl (C=O) groups excluding carboxylic acids is 3. The third-order valence-electron chi connectivity index (χ3n) is 5.62. The average Bonchev–Trinajstić information content (AvgIpc) is 3.08. The van der Waals surface area contributed by atoms with E-state index in [1.165, 1.54) is 12.1 Å². The van der Waals surface area contributed by atoms with E-state index in [1.54, 1.807) is 13.0 Å². The average molecular weight is 396 g/mol. The number of piperidine rings is 1. The van der Waals surface area contributed by atoms with Crippen LogP contribution in [0.25, 0.3) is 0 Å². The number of ketones is 1. The largest absolute Gasteiger partial charge is 0.471 e. The number of hydrogen-bond acceptors (Lipinski definition) is 3. The molecule has 0 aromatic heterocycles. The number of Topliss-reactive ketones (excluding diaryl/α,β-unsaturated/α-hetero) is 1. The van der Waals surface area contributed by atoms with E-state index < -0.39 is 12.1 Å². The topological polar surface area (TPSA) is 57.7 Å². The molecule has 8 heteroatoms. The van der Waals surface area contributed by atoms with Crippen LogP contribution in [-0.4, -0.2) is 48.3 Å². The van der Waals surface area contributed by atoms with Gasteiger partial charge in [-0.1, -0.05) is 0 Å². The summed E-state index contributed by atoms with van der Waals surface area (Å²) in [4.78, 5) is 37.9. The van der Waals surface area contributed by atoms with Crippen molar-refractivity contribution in [3.05, 3.63) is 29.3 Å². The van der Waals surface area contributed by atoms with Gasteiger partial charge in [-0.3, -0.25) is 14.4 Å². The molecule has 2 heterocycles. The summed E-state index contributed by atoms with van der Waals surface area (Å²) >= 11 is 0. The first-order valence-electron chi connectivity index (χ1n) is 9.47. The molecule has 3 rings (SSSR count). The molecule has 2 amide bonds. The van der Waals surface area contributed by atoms with Gasteiger partial charge in [-0.2, -0.15) is 13.2 Å². The second-order valence-corrected chi connectivity index (χ2v) is 7.46. The molecule has 2 aliphatic rings. The maximum absolute atomic E-state index is 12.7. The SMILES string of the molecule is CC(=O)N1CCC(CCC(=O)c2ccc3c(c2)CCN3C(=O)C(F)(F)F)CC1. The van der Waals surface area contributed by atoms with Crippen LogP contribution in [0.3, 0.4) is 0 Å². The number of benzene rings is 1. The van der Waals surface area contributed by atoms with E-state index in [0.29, 0.717) is 29.9 Å². The van der Waals surface area contributed by atoms with E-state index in [4.69, 9.17) is 0 Å². The Hall–Kier alpha value is -2.38. The van der Waals surface area contributed by atoms with Crippen LogP contribution in [0.5, 0.6) is 0 Å². The fourth-order valence-corrected chi connectivity index (χ4v) is 3.96. The van der Waals surface area contributed by atoms with Crippen LogP contribution in [0.2, 0.25) is 0 Å². The van der Waals surface area contributed by atoms with Crippen molar-refractivity contribution in [2.75, 3.05) is 24.5 Å². The lowest BCUT2D eigenvalue weighted by Gasteiger charge is -2.31. The summed E-state index contributed by atoms with van der Waals surface area (Å²) in [5.41, 5.74) is 1.30. The second kappa shape index (κ2) is 7.93. The molecule has 1 aromatic carbocycles. The van der Waals surface area contributed by atoms with E-state index in [2.05, 4.69) is 0 Å². The van der Waals surface area contributed by atoms with Gasteiger partial charge in [-0.05, 0) is 55.4 Å². The third kappa shape index (κ3) is 4.36. The summed E-state index contributed by atoms with van der Waals surface area (Å²) in [6.45, 7) is 2.97. The van der Waals surface area contributed by atoms with Gasteiger partial charge in [-0.15, -0.1) is 0 Å². The number of carbonyl (C=O) groups is 3. The maximum atomic E-state index is 12.7. The quantitative estimate of drug-likeness (QED) is 0.734. The molecule has 0 atom stereocenters. The molecule has 28 heavy (non-hydrogen) atoms. The normalized spacial score (nSPS) is 17.6. The molecule has 0 N–H and O–H groups in total. The van der Waals surface area contributed by atoms with E-state index in [-0.39, 0.29) is 23.9 Å². The summed E-state index contributed by atoms with van der Waals surface area (Å²) in [7, 11) is 0. The van der Waals surface area contributed by atoms with Gasteiger partial charge < -0.3 is 9.80 Å². The first kappa shape index (κ1) is 20.4. The van der Waals surface area contributed by atoms with E-state index >= 15 is 0 Å². The lowest BCUT2D eigenvalue weighted by atomic mass is 9.90. The number of nitrogens with zero attached hydrogens (tertiary/aromatic N) is 2. The van der Waals surface area contributed by atoms with Gasteiger partial charge in [0, 0.05) is 44.2 Å². The van der Waals surface area contributed by atoms with Crippen molar-refractivity contribution >= 4 is 23.3 Å². The van der Waals surface area contributed by atoms with E-state index in [1.807, 2.05) is 4.90 Å². The van der Waals surface area contributed by atoms with Crippen LogP contribution in [0, 0.1) is 5.92 Å². The molecule has 0 radical (unpaired) electrons. The Bertz CT molecular complexity index is 783. The van der Waals surface area contributed by atoms with Crippen molar-refractivity contribution in [1.82, 2.24) is 4.90 Å². The highest BCUT2D eigenvalue weighted by atomic mass is 19.4. The number of anilines is 1. The van der Waals surface area contributed by atoms with Crippen LogP contribution in [0.15, 0.2) is 18.2 Å². The van der Waals surface area contributed by atoms with Gasteiger partial charge in [0.1, 0.15) is 0 Å². The van der Waals surface area contributed by atoms with Crippen molar-refractivity contribution < 1.29 is 27.6 Å². The van der Waals surface area contributed by atoms with Gasteiger partial charge >= 0.3 is 12.1 Å². The minimum atomic E-state index is -4.91. The van der Waals surface area contributed by atoms with Crippen molar-refractivity contribution in [2.24, 2.45) is 5.92 Å². The Kier molecular flexibility index (Phi) is 5.76. The Morgan fingerprint density at radius 2 is 1.79 bits per heavy atom. The zero-order chi connectivity index (χ0) is 20.5.